The summed E-state index contributed by atoms with van der Waals surface area (Å²) in [7, 11) is -2.19. The molecule has 0 unspecified atom stereocenters. The molecule has 256 valence electrons. The van der Waals surface area contributed by atoms with E-state index < -0.39 is 22.2 Å². The van der Waals surface area contributed by atoms with Gasteiger partial charge in [0.15, 0.2) is 0 Å². The Bertz CT molecular complexity index is 1440. The minimum Gasteiger partial charge on any atom is -0.497 e. The summed E-state index contributed by atoms with van der Waals surface area (Å²) in [5.74, 6) is -1.69. The Morgan fingerprint density at radius 1 is 0.957 bits per heavy atom. The van der Waals surface area contributed by atoms with Crippen molar-refractivity contribution >= 4 is 21.9 Å². The number of hydrogen-bond donors (Lipinski definition) is 1. The maximum atomic E-state index is 13.8. The first-order valence-electron chi connectivity index (χ1n) is 15.5. The number of rotatable bonds is 10. The number of carboxylic acid groups (broad SMARTS) is 1. The number of amides is 1. The molecule has 2 saturated heterocycles. The Hall–Kier alpha value is -3.14. The van der Waals surface area contributed by atoms with Crippen LogP contribution < -0.4 is 4.74 Å². The molecule has 3 fully saturated rings. The van der Waals surface area contributed by atoms with E-state index in [1.54, 1.807) is 39.2 Å². The van der Waals surface area contributed by atoms with Gasteiger partial charge in [-0.3, -0.25) is 9.69 Å². The monoisotopic (exact) mass is 672 g/mol. The lowest BCUT2D eigenvalue weighted by atomic mass is 10.1. The van der Waals surface area contributed by atoms with Crippen LogP contribution in [0.5, 0.6) is 5.75 Å². The maximum Gasteiger partial charge on any atom is 0.490 e. The zero-order valence-electron chi connectivity index (χ0n) is 26.5. The number of ether oxygens (including phenoxy) is 1. The average Bonchev–Trinajstić information content (AvgIpc) is 3.74. The lowest BCUT2D eigenvalue weighted by Crippen LogP contribution is -2.50. The SMILES string of the molecule is COc1cc(C)c(S(=O)(=O)N(Cc2cc(C(=O)N3CCN(CCN4CCCCC4)CC3)co2)C2CC2)c(C)c1.O=C(O)C(F)(F)F. The largest absolute Gasteiger partial charge is 0.497 e. The van der Waals surface area contributed by atoms with Gasteiger partial charge in [0, 0.05) is 45.3 Å². The van der Waals surface area contributed by atoms with E-state index in [0.29, 0.717) is 46.2 Å². The molecular weight excluding hydrogens is 629 g/mol. The fraction of sp³-hybridized carbons (Fsp3) is 0.613. The number of sulfonamides is 1. The number of carbonyl (C=O) groups is 2. The first kappa shape index (κ1) is 35.7. The van der Waals surface area contributed by atoms with Crippen molar-refractivity contribution in [2.24, 2.45) is 0 Å². The topological polar surface area (TPSA) is 124 Å². The summed E-state index contributed by atoms with van der Waals surface area (Å²) in [6.07, 6.45) is 2.00. The van der Waals surface area contributed by atoms with Crippen LogP contribution in [0.15, 0.2) is 33.8 Å². The van der Waals surface area contributed by atoms with Crippen molar-refractivity contribution in [3.8, 4) is 5.75 Å². The van der Waals surface area contributed by atoms with Crippen LogP contribution in [0.3, 0.4) is 0 Å². The normalized spacial score (nSPS) is 18.3. The molecule has 2 aromatic rings. The van der Waals surface area contributed by atoms with Gasteiger partial charge in [-0.05, 0) is 81.9 Å². The Morgan fingerprint density at radius 2 is 1.50 bits per heavy atom. The molecule has 1 amide bonds. The summed E-state index contributed by atoms with van der Waals surface area (Å²) >= 11 is 0. The van der Waals surface area contributed by atoms with E-state index in [1.807, 2.05) is 4.90 Å². The molecule has 0 spiro atoms. The zero-order valence-corrected chi connectivity index (χ0v) is 27.3. The average molecular weight is 673 g/mol. The summed E-state index contributed by atoms with van der Waals surface area (Å²) in [6, 6.07) is 5.16. The highest BCUT2D eigenvalue weighted by Crippen LogP contribution is 2.37. The quantitative estimate of drug-likeness (QED) is 0.397. The third-order valence-electron chi connectivity index (χ3n) is 8.49. The summed E-state index contributed by atoms with van der Waals surface area (Å²) in [5, 5.41) is 7.12. The third-order valence-corrected chi connectivity index (χ3v) is 10.7. The first-order chi connectivity index (χ1) is 21.7. The number of carbonyl (C=O) groups excluding carboxylic acids is 1. The van der Waals surface area contributed by atoms with Crippen LogP contribution in [0.2, 0.25) is 0 Å². The molecule has 1 aromatic heterocycles. The van der Waals surface area contributed by atoms with Crippen LogP contribution in [-0.4, -0.2) is 116 Å². The van der Waals surface area contributed by atoms with E-state index in [4.69, 9.17) is 19.1 Å². The van der Waals surface area contributed by atoms with Gasteiger partial charge in [0.05, 0.1) is 24.1 Å². The molecule has 0 radical (unpaired) electrons. The second-order valence-electron chi connectivity index (χ2n) is 12.0. The van der Waals surface area contributed by atoms with Crippen molar-refractivity contribution < 1.29 is 45.4 Å². The van der Waals surface area contributed by atoms with Crippen molar-refractivity contribution in [1.82, 2.24) is 19.0 Å². The van der Waals surface area contributed by atoms with Crippen LogP contribution in [0.25, 0.3) is 0 Å². The number of halogens is 3. The molecule has 2 aliphatic heterocycles. The van der Waals surface area contributed by atoms with E-state index in [2.05, 4.69) is 9.80 Å². The van der Waals surface area contributed by atoms with Crippen LogP contribution in [0.1, 0.15) is 59.3 Å². The summed E-state index contributed by atoms with van der Waals surface area (Å²) in [4.78, 5) is 29.3. The molecule has 1 saturated carbocycles. The predicted molar refractivity (Wildman–Crippen MR) is 163 cm³/mol. The number of piperazine rings is 1. The Labute approximate surface area is 267 Å². The Balaban J connectivity index is 0.000000617. The summed E-state index contributed by atoms with van der Waals surface area (Å²) < 4.78 is 71.9. The number of piperidine rings is 1. The summed E-state index contributed by atoms with van der Waals surface area (Å²) in [5.41, 5.74) is 1.79. The molecule has 3 aliphatic rings. The minimum absolute atomic E-state index is 0.0525. The Morgan fingerprint density at radius 3 is 2.00 bits per heavy atom. The summed E-state index contributed by atoms with van der Waals surface area (Å²) in [6.45, 7) is 11.4. The number of alkyl halides is 3. The zero-order chi connectivity index (χ0) is 33.6. The van der Waals surface area contributed by atoms with Gasteiger partial charge < -0.3 is 24.1 Å². The standard InChI is InChI=1S/C29H42N4O5S.C2HF3O2/c1-22-17-26(37-3)18-23(2)28(22)39(35,36)33(25-7-8-25)20-27-19-24(21-38-27)29(34)32-15-13-31(14-16-32)12-11-30-9-5-4-6-10-30;3-2(4,5)1(6)7/h17-19,21,25H,4-16,20H2,1-3H3;(H,6,7). The highest BCUT2D eigenvalue weighted by atomic mass is 32.2. The van der Waals surface area contributed by atoms with Gasteiger partial charge in [-0.1, -0.05) is 6.42 Å². The van der Waals surface area contributed by atoms with Gasteiger partial charge >= 0.3 is 12.1 Å². The van der Waals surface area contributed by atoms with Gasteiger partial charge in [-0.25, -0.2) is 13.2 Å². The van der Waals surface area contributed by atoms with E-state index in [-0.39, 0.29) is 18.5 Å². The first-order valence-corrected chi connectivity index (χ1v) is 16.9. The number of furan rings is 1. The smallest absolute Gasteiger partial charge is 0.490 e. The third kappa shape index (κ3) is 9.23. The molecule has 5 rings (SSSR count). The number of benzene rings is 1. The molecule has 1 aromatic carbocycles. The van der Waals surface area contributed by atoms with Crippen molar-refractivity contribution in [2.75, 3.05) is 59.5 Å². The molecule has 46 heavy (non-hydrogen) atoms. The number of hydrogen-bond acceptors (Lipinski definition) is 8. The molecule has 3 heterocycles. The van der Waals surface area contributed by atoms with Gasteiger partial charge in [0.1, 0.15) is 17.8 Å². The van der Waals surface area contributed by atoms with Gasteiger partial charge in [-0.15, -0.1) is 0 Å². The van der Waals surface area contributed by atoms with Crippen molar-refractivity contribution in [1.29, 1.82) is 0 Å². The molecule has 15 heteroatoms. The maximum absolute atomic E-state index is 13.8. The van der Waals surface area contributed by atoms with E-state index in [9.17, 15) is 26.4 Å². The molecule has 11 nitrogen and oxygen atoms in total. The lowest BCUT2D eigenvalue weighted by molar-refractivity contribution is -0.192. The van der Waals surface area contributed by atoms with Crippen molar-refractivity contribution in [3.05, 3.63) is 46.9 Å². The highest BCUT2D eigenvalue weighted by molar-refractivity contribution is 7.89. The van der Waals surface area contributed by atoms with Crippen LogP contribution >= 0.6 is 0 Å². The number of aryl methyl sites for hydroxylation is 2. The van der Waals surface area contributed by atoms with Crippen LogP contribution in [0, 0.1) is 13.8 Å². The van der Waals surface area contributed by atoms with Crippen molar-refractivity contribution in [2.45, 2.75) is 69.6 Å². The predicted octanol–water partition coefficient (Wildman–Crippen LogP) is 4.14. The highest BCUT2D eigenvalue weighted by Gasteiger charge is 2.40. The number of nitrogens with zero attached hydrogens (tertiary/aromatic N) is 4. The van der Waals surface area contributed by atoms with Gasteiger partial charge in [0.2, 0.25) is 10.0 Å². The molecular formula is C31H43F3N4O7S. The number of carboxylic acids is 1. The van der Waals surface area contributed by atoms with Gasteiger partial charge in [-0.2, -0.15) is 17.5 Å². The molecule has 0 bridgehead atoms. The van der Waals surface area contributed by atoms with Crippen LogP contribution in [-0.2, 0) is 21.4 Å². The number of likely N-dealkylation sites (tertiary alicyclic amines) is 1. The molecule has 0 atom stereocenters. The second kappa shape index (κ2) is 15.2. The van der Waals surface area contributed by atoms with Crippen molar-refractivity contribution in [3.63, 3.8) is 0 Å². The second-order valence-corrected chi connectivity index (χ2v) is 13.8. The molecule has 1 N–H and O–H groups in total. The van der Waals surface area contributed by atoms with Crippen LogP contribution in [0.4, 0.5) is 13.2 Å². The fourth-order valence-corrected chi connectivity index (χ4v) is 7.94. The van der Waals surface area contributed by atoms with E-state index in [0.717, 1.165) is 39.0 Å². The number of aliphatic carboxylic acids is 1. The number of methoxy groups -OCH3 is 1. The van der Waals surface area contributed by atoms with E-state index in [1.165, 1.54) is 42.9 Å². The Kier molecular flexibility index (Phi) is 11.8. The van der Waals surface area contributed by atoms with E-state index >= 15 is 0 Å². The minimum atomic E-state index is -5.08. The van der Waals surface area contributed by atoms with Gasteiger partial charge in [0.25, 0.3) is 5.91 Å². The lowest BCUT2D eigenvalue weighted by Gasteiger charge is -2.36. The molecule has 1 aliphatic carbocycles. The fourth-order valence-electron chi connectivity index (χ4n) is 5.88.